The number of aromatic nitrogens is 3. The first kappa shape index (κ1) is 18.2. The molecule has 26 heavy (non-hydrogen) atoms. The van der Waals surface area contributed by atoms with Crippen LogP contribution in [0.25, 0.3) is 0 Å². The van der Waals surface area contributed by atoms with Gasteiger partial charge in [0.25, 0.3) is 5.91 Å². The van der Waals surface area contributed by atoms with Gasteiger partial charge in [0.1, 0.15) is 17.6 Å². The van der Waals surface area contributed by atoms with Gasteiger partial charge in [-0.25, -0.2) is 4.98 Å². The van der Waals surface area contributed by atoms with E-state index in [1.54, 1.807) is 25.2 Å². The molecule has 0 fully saturated rings. The second-order valence-corrected chi connectivity index (χ2v) is 7.17. The van der Waals surface area contributed by atoms with Crippen molar-refractivity contribution in [1.82, 2.24) is 24.5 Å². The number of nitrogens with zero attached hydrogens (tertiary/aromatic N) is 5. The Morgan fingerprint density at radius 2 is 2.00 bits per heavy atom. The largest absolute Gasteiger partial charge is 0.360 e. The maximum atomic E-state index is 13.0. The maximum absolute atomic E-state index is 13.0. The third-order valence-corrected chi connectivity index (χ3v) is 4.74. The van der Waals surface area contributed by atoms with Gasteiger partial charge in [0.05, 0.1) is 6.54 Å². The molecule has 2 aromatic rings. The Morgan fingerprint density at radius 1 is 1.27 bits per heavy atom. The van der Waals surface area contributed by atoms with Crippen molar-refractivity contribution >= 4 is 11.8 Å². The second kappa shape index (κ2) is 6.93. The Hall–Kier alpha value is -2.64. The van der Waals surface area contributed by atoms with E-state index in [0.717, 1.165) is 5.82 Å². The van der Waals surface area contributed by atoms with Gasteiger partial charge in [0.2, 0.25) is 5.91 Å². The lowest BCUT2D eigenvalue weighted by atomic mass is 10.0. The lowest BCUT2D eigenvalue weighted by Crippen LogP contribution is -2.40. The summed E-state index contributed by atoms with van der Waals surface area (Å²) in [6, 6.07) is -0.357. The molecule has 8 heteroatoms. The van der Waals surface area contributed by atoms with E-state index in [2.05, 4.69) is 24.0 Å². The van der Waals surface area contributed by atoms with E-state index in [1.807, 2.05) is 17.7 Å². The zero-order valence-electron chi connectivity index (χ0n) is 15.9. The molecule has 0 saturated carbocycles. The minimum absolute atomic E-state index is 0.00000189. The molecule has 0 spiro atoms. The number of imidazole rings is 1. The lowest BCUT2D eigenvalue weighted by Gasteiger charge is -2.30. The van der Waals surface area contributed by atoms with Crippen molar-refractivity contribution < 1.29 is 14.1 Å². The highest BCUT2D eigenvalue weighted by atomic mass is 16.5. The molecule has 1 atom stereocenters. The van der Waals surface area contributed by atoms with Crippen molar-refractivity contribution in [3.8, 4) is 0 Å². The molecule has 0 aliphatic carbocycles. The highest BCUT2D eigenvalue weighted by molar-refractivity contribution is 5.93. The lowest BCUT2D eigenvalue weighted by molar-refractivity contribution is -0.135. The Kier molecular flexibility index (Phi) is 4.84. The first-order chi connectivity index (χ1) is 12.3. The molecule has 1 aliphatic rings. The average molecular weight is 359 g/mol. The number of hydrogen-bond acceptors (Lipinski definition) is 5. The van der Waals surface area contributed by atoms with Gasteiger partial charge in [-0.15, -0.1) is 0 Å². The summed E-state index contributed by atoms with van der Waals surface area (Å²) in [5.74, 6) is 1.60. The second-order valence-electron chi connectivity index (χ2n) is 7.17. The van der Waals surface area contributed by atoms with Crippen molar-refractivity contribution in [2.45, 2.75) is 45.7 Å². The van der Waals surface area contributed by atoms with Gasteiger partial charge in [-0.05, 0) is 6.92 Å². The minimum Gasteiger partial charge on any atom is -0.360 e. The van der Waals surface area contributed by atoms with Gasteiger partial charge in [-0.3, -0.25) is 9.59 Å². The van der Waals surface area contributed by atoms with E-state index in [4.69, 9.17) is 4.52 Å². The molecule has 1 aliphatic heterocycles. The van der Waals surface area contributed by atoms with Crippen LogP contribution in [-0.2, 0) is 17.8 Å². The van der Waals surface area contributed by atoms with E-state index >= 15 is 0 Å². The summed E-state index contributed by atoms with van der Waals surface area (Å²) >= 11 is 0. The van der Waals surface area contributed by atoms with Crippen LogP contribution in [0.3, 0.4) is 0 Å². The normalized spacial score (nSPS) is 15.1. The fourth-order valence-electron chi connectivity index (χ4n) is 3.26. The van der Waals surface area contributed by atoms with Gasteiger partial charge in [0, 0.05) is 50.9 Å². The summed E-state index contributed by atoms with van der Waals surface area (Å²) in [7, 11) is 3.34. The van der Waals surface area contributed by atoms with Crippen LogP contribution in [-0.4, -0.2) is 57.0 Å². The summed E-state index contributed by atoms with van der Waals surface area (Å²) in [6.45, 7) is 6.87. The number of fused-ring (bicyclic) bond motifs is 1. The van der Waals surface area contributed by atoms with Gasteiger partial charge in [0.15, 0.2) is 5.69 Å². The van der Waals surface area contributed by atoms with Crippen molar-refractivity contribution in [2.24, 2.45) is 0 Å². The zero-order valence-corrected chi connectivity index (χ0v) is 15.9. The number of carbonyl (C=O) groups excluding carboxylic acids is 2. The topological polar surface area (TPSA) is 84.5 Å². The summed E-state index contributed by atoms with van der Waals surface area (Å²) in [5, 5.41) is 3.93. The monoisotopic (exact) mass is 359 g/mol. The first-order valence-corrected chi connectivity index (χ1v) is 8.81. The number of carbonyl (C=O) groups is 2. The summed E-state index contributed by atoms with van der Waals surface area (Å²) < 4.78 is 7.24. The molecule has 0 N–H and O–H groups in total. The fourth-order valence-corrected chi connectivity index (χ4v) is 3.26. The van der Waals surface area contributed by atoms with Crippen molar-refractivity contribution in [1.29, 1.82) is 0 Å². The number of amides is 2. The van der Waals surface area contributed by atoms with Crippen LogP contribution in [0.5, 0.6) is 0 Å². The van der Waals surface area contributed by atoms with Gasteiger partial charge < -0.3 is 18.9 Å². The van der Waals surface area contributed by atoms with Crippen LogP contribution in [0.1, 0.15) is 60.4 Å². The number of hydrogen-bond donors (Lipinski definition) is 0. The van der Waals surface area contributed by atoms with Crippen LogP contribution in [0.2, 0.25) is 0 Å². The average Bonchev–Trinajstić information content (AvgIpc) is 3.26. The molecule has 2 amide bonds. The molecule has 3 heterocycles. The highest BCUT2D eigenvalue weighted by Crippen LogP contribution is 2.26. The molecule has 2 aromatic heterocycles. The molecular weight excluding hydrogens is 334 g/mol. The van der Waals surface area contributed by atoms with E-state index in [-0.39, 0.29) is 23.8 Å². The van der Waals surface area contributed by atoms with Crippen LogP contribution in [0.15, 0.2) is 16.9 Å². The summed E-state index contributed by atoms with van der Waals surface area (Å²) in [4.78, 5) is 32.9. The molecule has 0 saturated heterocycles. The Labute approximate surface area is 152 Å². The van der Waals surface area contributed by atoms with Crippen molar-refractivity contribution in [3.05, 3.63) is 35.2 Å². The Bertz CT molecular complexity index is 821. The van der Waals surface area contributed by atoms with Gasteiger partial charge >= 0.3 is 0 Å². The van der Waals surface area contributed by atoms with Gasteiger partial charge in [-0.2, -0.15) is 0 Å². The molecular formula is C18H25N5O3. The van der Waals surface area contributed by atoms with Crippen LogP contribution >= 0.6 is 0 Å². The SMILES string of the molecule is CC(C)c1nccn1[C@@H](C)C(=O)N1CCc2onc(C(=O)N(C)C)c2C1. The van der Waals surface area contributed by atoms with Crippen LogP contribution in [0.4, 0.5) is 0 Å². The quantitative estimate of drug-likeness (QED) is 0.832. The predicted octanol–water partition coefficient (Wildman–Crippen LogP) is 1.84. The molecule has 140 valence electrons. The number of rotatable bonds is 4. The molecule has 0 unspecified atom stereocenters. The van der Waals surface area contributed by atoms with Crippen molar-refractivity contribution in [2.75, 3.05) is 20.6 Å². The first-order valence-electron chi connectivity index (χ1n) is 8.81. The molecule has 0 radical (unpaired) electrons. The molecule has 3 rings (SSSR count). The Balaban J connectivity index is 1.82. The minimum atomic E-state index is -0.357. The van der Waals surface area contributed by atoms with E-state index < -0.39 is 0 Å². The van der Waals surface area contributed by atoms with Gasteiger partial charge in [-0.1, -0.05) is 19.0 Å². The highest BCUT2D eigenvalue weighted by Gasteiger charge is 2.32. The van der Waals surface area contributed by atoms with E-state index in [0.29, 0.717) is 36.5 Å². The zero-order chi connectivity index (χ0) is 19.0. The predicted molar refractivity (Wildman–Crippen MR) is 94.7 cm³/mol. The summed E-state index contributed by atoms with van der Waals surface area (Å²) in [6.07, 6.45) is 4.12. The molecule has 0 bridgehead atoms. The fraction of sp³-hybridized carbons (Fsp3) is 0.556. The Morgan fingerprint density at radius 3 is 2.65 bits per heavy atom. The standard InChI is InChI=1S/C18H25N5O3/c1-11(2)16-19-7-9-23(16)12(3)17(24)22-8-6-14-13(10-22)15(20-26-14)18(25)21(4)5/h7,9,11-12H,6,8,10H2,1-5H3/t12-/m0/s1. The smallest absolute Gasteiger partial charge is 0.275 e. The maximum Gasteiger partial charge on any atom is 0.275 e. The van der Waals surface area contributed by atoms with Crippen molar-refractivity contribution in [3.63, 3.8) is 0 Å². The molecule has 0 aromatic carbocycles. The third-order valence-electron chi connectivity index (χ3n) is 4.74. The van der Waals surface area contributed by atoms with E-state index in [1.165, 1.54) is 4.90 Å². The third kappa shape index (κ3) is 3.11. The van der Waals surface area contributed by atoms with Crippen LogP contribution in [0, 0.1) is 0 Å². The van der Waals surface area contributed by atoms with E-state index in [9.17, 15) is 9.59 Å². The summed E-state index contributed by atoms with van der Waals surface area (Å²) in [5.41, 5.74) is 1.01. The molecule has 8 nitrogen and oxygen atoms in total. The van der Waals surface area contributed by atoms with Crippen LogP contribution < -0.4 is 0 Å².